The summed E-state index contributed by atoms with van der Waals surface area (Å²) in [6.07, 6.45) is 0. The molecule has 0 amide bonds. The highest BCUT2D eigenvalue weighted by Crippen LogP contribution is 2.17. The molecule has 2 fully saturated rings. The van der Waals surface area contributed by atoms with Crippen LogP contribution >= 0.6 is 0 Å². The highest BCUT2D eigenvalue weighted by atomic mass is 35.5. The van der Waals surface area contributed by atoms with Crippen LogP contribution < -0.4 is 44.4 Å². The van der Waals surface area contributed by atoms with Crippen LogP contribution in [-0.2, 0) is 0 Å². The number of quaternary nitrogens is 2. The lowest BCUT2D eigenvalue weighted by Crippen LogP contribution is -3.12. The summed E-state index contributed by atoms with van der Waals surface area (Å²) in [6.45, 7) is 9.33. The quantitative estimate of drug-likeness (QED) is 0.556. The second kappa shape index (κ2) is 8.77. The Labute approximate surface area is 146 Å². The van der Waals surface area contributed by atoms with Crippen molar-refractivity contribution in [1.82, 2.24) is 4.98 Å². The van der Waals surface area contributed by atoms with Crippen molar-refractivity contribution in [2.75, 3.05) is 76.3 Å². The third kappa shape index (κ3) is 4.62. The zero-order chi connectivity index (χ0) is 13.9. The van der Waals surface area contributed by atoms with E-state index in [1.165, 1.54) is 26.2 Å². The van der Waals surface area contributed by atoms with Gasteiger partial charge < -0.3 is 44.4 Å². The van der Waals surface area contributed by atoms with Crippen LogP contribution in [0.4, 0.5) is 11.6 Å². The van der Waals surface area contributed by atoms with Crippen molar-refractivity contribution >= 4 is 11.6 Å². The SMILES string of the molecule is C[NH+]1CCN(c2cccc(N3CC[NH+](C)CC3)n2)CC1.[Cl-].[Cl-]. The van der Waals surface area contributed by atoms with Gasteiger partial charge in [0.15, 0.2) is 0 Å². The molecule has 5 nitrogen and oxygen atoms in total. The molecule has 0 radical (unpaired) electrons. The Bertz CT molecular complexity index is 406. The molecule has 0 unspecified atom stereocenters. The van der Waals surface area contributed by atoms with Crippen molar-refractivity contribution in [2.45, 2.75) is 0 Å². The number of nitrogens with zero attached hydrogens (tertiary/aromatic N) is 3. The fourth-order valence-electron chi connectivity index (χ4n) is 3.00. The largest absolute Gasteiger partial charge is 1.00 e. The van der Waals surface area contributed by atoms with Crippen LogP contribution in [0.25, 0.3) is 0 Å². The third-order valence-corrected chi connectivity index (χ3v) is 4.60. The average Bonchev–Trinajstić information content (AvgIpc) is 2.49. The number of rotatable bonds is 2. The van der Waals surface area contributed by atoms with E-state index < -0.39 is 0 Å². The van der Waals surface area contributed by atoms with Crippen molar-refractivity contribution in [1.29, 1.82) is 0 Å². The predicted molar refractivity (Wildman–Crippen MR) is 81.9 cm³/mol. The van der Waals surface area contributed by atoms with E-state index >= 15 is 0 Å². The number of halogens is 2. The molecule has 0 bridgehead atoms. The van der Waals surface area contributed by atoms with Gasteiger partial charge in [0.1, 0.15) is 11.6 Å². The number of pyridine rings is 1. The van der Waals surface area contributed by atoms with Crippen LogP contribution in [0.2, 0.25) is 0 Å². The highest BCUT2D eigenvalue weighted by molar-refractivity contribution is 5.49. The second-order valence-corrected chi connectivity index (χ2v) is 6.24. The molecule has 126 valence electrons. The Kier molecular flexibility index (Phi) is 7.69. The van der Waals surface area contributed by atoms with E-state index in [0.29, 0.717) is 0 Å². The Morgan fingerprint density at radius 2 is 1.14 bits per heavy atom. The first-order valence-corrected chi connectivity index (χ1v) is 7.82. The van der Waals surface area contributed by atoms with Gasteiger partial charge >= 0.3 is 0 Å². The lowest BCUT2D eigenvalue weighted by Gasteiger charge is -2.33. The van der Waals surface area contributed by atoms with Crippen molar-refractivity contribution in [3.63, 3.8) is 0 Å². The minimum atomic E-state index is 0. The van der Waals surface area contributed by atoms with Crippen LogP contribution in [0, 0.1) is 0 Å². The summed E-state index contributed by atoms with van der Waals surface area (Å²) in [5, 5.41) is 0. The number of piperazine rings is 2. The van der Waals surface area contributed by atoms with Gasteiger partial charge in [0.05, 0.1) is 66.5 Å². The van der Waals surface area contributed by atoms with Crippen LogP contribution in [0.1, 0.15) is 0 Å². The molecule has 0 aromatic carbocycles. The molecule has 2 aliphatic rings. The maximum absolute atomic E-state index is 4.90. The summed E-state index contributed by atoms with van der Waals surface area (Å²) in [4.78, 5) is 13.0. The summed E-state index contributed by atoms with van der Waals surface area (Å²) in [5.74, 6) is 2.31. The number of anilines is 2. The molecule has 0 atom stereocenters. The molecule has 7 heteroatoms. The lowest BCUT2D eigenvalue weighted by atomic mass is 10.3. The molecule has 0 spiro atoms. The van der Waals surface area contributed by atoms with Crippen molar-refractivity contribution in [2.24, 2.45) is 0 Å². The fourth-order valence-corrected chi connectivity index (χ4v) is 3.00. The monoisotopic (exact) mass is 347 g/mol. The van der Waals surface area contributed by atoms with E-state index in [9.17, 15) is 0 Å². The Morgan fingerprint density at radius 1 is 0.773 bits per heavy atom. The summed E-state index contributed by atoms with van der Waals surface area (Å²) in [6, 6.07) is 6.48. The van der Waals surface area contributed by atoms with Crippen LogP contribution in [0.15, 0.2) is 18.2 Å². The van der Waals surface area contributed by atoms with Gasteiger partial charge in [-0.2, -0.15) is 0 Å². The summed E-state index contributed by atoms with van der Waals surface area (Å²) in [5.41, 5.74) is 0. The van der Waals surface area contributed by atoms with Gasteiger partial charge in [-0.3, -0.25) is 0 Å². The van der Waals surface area contributed by atoms with Crippen molar-refractivity contribution in [3.8, 4) is 0 Å². The van der Waals surface area contributed by atoms with Gasteiger partial charge in [-0.25, -0.2) is 4.98 Å². The summed E-state index contributed by atoms with van der Waals surface area (Å²) < 4.78 is 0. The van der Waals surface area contributed by atoms with E-state index in [1.807, 2.05) is 0 Å². The second-order valence-electron chi connectivity index (χ2n) is 6.24. The van der Waals surface area contributed by atoms with E-state index in [0.717, 1.165) is 37.8 Å². The molecule has 2 N–H and O–H groups in total. The third-order valence-electron chi connectivity index (χ3n) is 4.60. The molecule has 3 heterocycles. The average molecular weight is 348 g/mol. The van der Waals surface area contributed by atoms with Gasteiger partial charge in [0, 0.05) is 0 Å². The van der Waals surface area contributed by atoms with E-state index in [4.69, 9.17) is 4.98 Å². The van der Waals surface area contributed by atoms with E-state index in [1.54, 1.807) is 9.80 Å². The lowest BCUT2D eigenvalue weighted by molar-refractivity contribution is -0.880. The first-order chi connectivity index (χ1) is 9.72. The first-order valence-electron chi connectivity index (χ1n) is 7.82. The fraction of sp³-hybridized carbons (Fsp3) is 0.667. The normalized spacial score (nSPS) is 20.3. The molecule has 1 aromatic heterocycles. The molecule has 0 saturated carbocycles. The summed E-state index contributed by atoms with van der Waals surface area (Å²) >= 11 is 0. The molecule has 2 aliphatic heterocycles. The molecule has 3 rings (SSSR count). The number of nitrogens with one attached hydrogen (secondary N) is 2. The molecule has 1 aromatic rings. The zero-order valence-corrected chi connectivity index (χ0v) is 15.0. The molecular weight excluding hydrogens is 321 g/mol. The predicted octanol–water partition coefficient (Wildman–Crippen LogP) is -8.24. The number of likely N-dealkylation sites (N-methyl/N-ethyl adjacent to an activating group) is 2. The van der Waals surface area contributed by atoms with E-state index in [2.05, 4.69) is 42.1 Å². The number of hydrogen-bond donors (Lipinski definition) is 2. The molecular formula is C15H27Cl2N5. The smallest absolute Gasteiger partial charge is 0.131 e. The van der Waals surface area contributed by atoms with Crippen LogP contribution in [-0.4, -0.2) is 71.4 Å². The number of aromatic nitrogens is 1. The van der Waals surface area contributed by atoms with Gasteiger partial charge in [0.25, 0.3) is 0 Å². The topological polar surface area (TPSA) is 28.3 Å². The standard InChI is InChI=1S/C15H25N5.2ClH/c1-17-6-10-19(11-7-17)14-4-3-5-15(16-14)20-12-8-18(2)9-13-20;;/h3-5H,6-13H2,1-2H3;2*1H. The Morgan fingerprint density at radius 3 is 1.50 bits per heavy atom. The highest BCUT2D eigenvalue weighted by Gasteiger charge is 2.21. The maximum atomic E-state index is 4.90. The van der Waals surface area contributed by atoms with Gasteiger partial charge in [-0.15, -0.1) is 0 Å². The minimum Gasteiger partial charge on any atom is -1.00 e. The Balaban J connectivity index is 0.00000121. The van der Waals surface area contributed by atoms with Gasteiger partial charge in [-0.1, -0.05) is 6.07 Å². The van der Waals surface area contributed by atoms with Crippen molar-refractivity contribution < 1.29 is 34.6 Å². The van der Waals surface area contributed by atoms with Crippen LogP contribution in [0.5, 0.6) is 0 Å². The Hall–Kier alpha value is -0.750. The van der Waals surface area contributed by atoms with Crippen molar-refractivity contribution in [3.05, 3.63) is 18.2 Å². The summed E-state index contributed by atoms with van der Waals surface area (Å²) in [7, 11) is 4.54. The van der Waals surface area contributed by atoms with Gasteiger partial charge in [-0.05, 0) is 12.1 Å². The first kappa shape index (κ1) is 19.3. The van der Waals surface area contributed by atoms with Gasteiger partial charge in [0.2, 0.25) is 0 Å². The molecule has 2 saturated heterocycles. The molecule has 22 heavy (non-hydrogen) atoms. The van der Waals surface area contributed by atoms with Crippen LogP contribution in [0.3, 0.4) is 0 Å². The zero-order valence-electron chi connectivity index (χ0n) is 13.5. The van der Waals surface area contributed by atoms with E-state index in [-0.39, 0.29) is 24.8 Å². The maximum Gasteiger partial charge on any atom is 0.131 e. The number of hydrogen-bond acceptors (Lipinski definition) is 3. The minimum absolute atomic E-state index is 0. The molecule has 0 aliphatic carbocycles.